The third-order valence-electron chi connectivity index (χ3n) is 4.32. The lowest BCUT2D eigenvalue weighted by molar-refractivity contribution is -0.873. The molecule has 0 fully saturated rings. The number of nitrogens with zero attached hydrogens (tertiary/aromatic N) is 1. The van der Waals surface area contributed by atoms with E-state index in [1.165, 1.54) is 38.5 Å². The van der Waals surface area contributed by atoms with Gasteiger partial charge in [-0.05, 0) is 12.3 Å². The summed E-state index contributed by atoms with van der Waals surface area (Å²) in [5.41, 5.74) is 0. The monoisotopic (exact) mass is 357 g/mol. The number of hydrogen-bond donors (Lipinski definition) is 0. The highest BCUT2D eigenvalue weighted by Crippen LogP contribution is 2.17. The molecule has 0 aromatic rings. The van der Waals surface area contributed by atoms with Crippen LogP contribution in [-0.4, -0.2) is 50.2 Å². The van der Waals surface area contributed by atoms with Gasteiger partial charge in [-0.15, -0.1) is 0 Å². The summed E-state index contributed by atoms with van der Waals surface area (Å²) in [6.07, 6.45) is 9.02. The predicted octanol–water partition coefficient (Wildman–Crippen LogP) is 2.91. The average Bonchev–Trinajstić information content (AvgIpc) is 2.44. The van der Waals surface area contributed by atoms with Gasteiger partial charge >= 0.3 is 5.97 Å². The Labute approximate surface area is 154 Å². The Bertz CT molecular complexity index is 376. The summed E-state index contributed by atoms with van der Waals surface area (Å²) < 4.78 is 5.91. The Morgan fingerprint density at radius 2 is 1.60 bits per heavy atom. The summed E-state index contributed by atoms with van der Waals surface area (Å²) in [5.74, 6) is -0.850. The van der Waals surface area contributed by atoms with Crippen LogP contribution < -0.4 is 5.11 Å². The van der Waals surface area contributed by atoms with Crippen LogP contribution in [0.4, 0.5) is 0 Å². The van der Waals surface area contributed by atoms with E-state index in [9.17, 15) is 14.7 Å². The zero-order valence-corrected chi connectivity index (χ0v) is 17.0. The van der Waals surface area contributed by atoms with E-state index in [0.29, 0.717) is 23.4 Å². The number of quaternary nitrogens is 1. The Morgan fingerprint density at radius 1 is 1.00 bits per heavy atom. The molecule has 0 saturated carbocycles. The third kappa shape index (κ3) is 16.1. The van der Waals surface area contributed by atoms with Crippen molar-refractivity contribution < 1.29 is 23.9 Å². The molecule has 2 unspecified atom stereocenters. The lowest BCUT2D eigenvalue weighted by Crippen LogP contribution is -2.45. The fourth-order valence-electron chi connectivity index (χ4n) is 3.02. The van der Waals surface area contributed by atoms with E-state index in [1.807, 2.05) is 21.1 Å². The van der Waals surface area contributed by atoms with Crippen LogP contribution in [0.3, 0.4) is 0 Å². The van der Waals surface area contributed by atoms with E-state index in [2.05, 4.69) is 13.8 Å². The van der Waals surface area contributed by atoms with Crippen LogP contribution in [0.25, 0.3) is 0 Å². The van der Waals surface area contributed by atoms with Gasteiger partial charge in [0.1, 0.15) is 6.54 Å². The van der Waals surface area contributed by atoms with Gasteiger partial charge in [0.2, 0.25) is 0 Å². The van der Waals surface area contributed by atoms with Crippen LogP contribution in [0.1, 0.15) is 78.1 Å². The number of carboxylic acid groups (broad SMARTS) is 1. The highest BCUT2D eigenvalue weighted by molar-refractivity contribution is 5.70. The largest absolute Gasteiger partial charge is 0.550 e. The molecule has 2 atom stereocenters. The van der Waals surface area contributed by atoms with Gasteiger partial charge in [-0.3, -0.25) is 4.79 Å². The van der Waals surface area contributed by atoms with E-state index in [1.54, 1.807) is 0 Å². The smallest absolute Gasteiger partial charge is 0.306 e. The zero-order valence-electron chi connectivity index (χ0n) is 17.0. The molecule has 5 heteroatoms. The second kappa shape index (κ2) is 13.2. The van der Waals surface area contributed by atoms with Crippen LogP contribution >= 0.6 is 0 Å². The molecule has 0 rings (SSSR count). The van der Waals surface area contributed by atoms with Crippen LogP contribution in [0.5, 0.6) is 0 Å². The Kier molecular flexibility index (Phi) is 12.6. The molecule has 0 aliphatic rings. The molecule has 0 spiro atoms. The molecule has 0 radical (unpaired) electrons. The maximum absolute atomic E-state index is 12.0. The van der Waals surface area contributed by atoms with Crippen LogP contribution in [0.2, 0.25) is 0 Å². The molecule has 0 aliphatic carbocycles. The topological polar surface area (TPSA) is 66.4 Å². The Balaban J connectivity index is 3.99. The van der Waals surface area contributed by atoms with Crippen molar-refractivity contribution >= 4 is 11.9 Å². The minimum Gasteiger partial charge on any atom is -0.550 e. The molecule has 0 aromatic carbocycles. The van der Waals surface area contributed by atoms with Gasteiger partial charge < -0.3 is 19.1 Å². The van der Waals surface area contributed by atoms with E-state index in [0.717, 1.165) is 12.8 Å². The number of likely N-dealkylation sites (N-methyl/N-ethyl adjacent to an activating group) is 1. The van der Waals surface area contributed by atoms with Crippen molar-refractivity contribution in [1.29, 1.82) is 0 Å². The quantitative estimate of drug-likeness (QED) is 0.257. The highest BCUT2D eigenvalue weighted by atomic mass is 16.5. The minimum atomic E-state index is -1.18. The fourth-order valence-corrected chi connectivity index (χ4v) is 3.02. The van der Waals surface area contributed by atoms with Crippen molar-refractivity contribution in [2.75, 3.05) is 27.7 Å². The van der Waals surface area contributed by atoms with Crippen molar-refractivity contribution in [2.24, 2.45) is 5.92 Å². The number of unbranched alkanes of at least 4 members (excludes halogenated alkanes) is 4. The first-order valence-corrected chi connectivity index (χ1v) is 9.83. The summed E-state index contributed by atoms with van der Waals surface area (Å²) in [5, 5.41) is 10.8. The van der Waals surface area contributed by atoms with E-state index in [4.69, 9.17) is 4.74 Å². The maximum Gasteiger partial charge on any atom is 0.306 e. The minimum absolute atomic E-state index is 0.241. The first kappa shape index (κ1) is 23.9. The van der Waals surface area contributed by atoms with Crippen molar-refractivity contribution in [1.82, 2.24) is 0 Å². The standard InChI is InChI=1S/C20H39NO4/c1-6-7-8-9-10-12-17(2)13-11-14-20(24)25-18(15-19(22)23)16-21(3,4)5/h17-18H,6-16H2,1-5H3. The van der Waals surface area contributed by atoms with Crippen molar-refractivity contribution in [2.45, 2.75) is 84.2 Å². The summed E-state index contributed by atoms with van der Waals surface area (Å²) >= 11 is 0. The lowest BCUT2D eigenvalue weighted by Gasteiger charge is -2.29. The highest BCUT2D eigenvalue weighted by Gasteiger charge is 2.22. The number of carboxylic acids is 1. The molecule has 0 aromatic heterocycles. The molecule has 5 nitrogen and oxygen atoms in total. The molecule has 0 bridgehead atoms. The number of rotatable bonds is 15. The van der Waals surface area contributed by atoms with Crippen molar-refractivity contribution in [3.63, 3.8) is 0 Å². The maximum atomic E-state index is 12.0. The first-order valence-electron chi connectivity index (χ1n) is 9.83. The molecule has 0 aliphatic heterocycles. The Hall–Kier alpha value is -1.10. The third-order valence-corrected chi connectivity index (χ3v) is 4.32. The van der Waals surface area contributed by atoms with Gasteiger partial charge in [0.05, 0.1) is 21.1 Å². The number of carbonyl (C=O) groups is 2. The van der Waals surface area contributed by atoms with Gasteiger partial charge in [-0.2, -0.15) is 0 Å². The van der Waals surface area contributed by atoms with Crippen LogP contribution in [-0.2, 0) is 14.3 Å². The second-order valence-corrected chi connectivity index (χ2v) is 8.36. The van der Waals surface area contributed by atoms with Gasteiger partial charge in [-0.1, -0.05) is 58.8 Å². The summed E-state index contributed by atoms with van der Waals surface area (Å²) in [6, 6.07) is 0. The van der Waals surface area contributed by atoms with Crippen molar-refractivity contribution in [3.8, 4) is 0 Å². The second-order valence-electron chi connectivity index (χ2n) is 8.36. The molecular weight excluding hydrogens is 318 g/mol. The first-order chi connectivity index (χ1) is 11.6. The molecule has 0 heterocycles. The van der Waals surface area contributed by atoms with Crippen molar-refractivity contribution in [3.05, 3.63) is 0 Å². The SMILES string of the molecule is CCCCCCCC(C)CCCC(=O)OC(CC(=O)[O-])C[N+](C)(C)C. The molecule has 148 valence electrons. The number of aliphatic carboxylic acids is 1. The van der Waals surface area contributed by atoms with E-state index in [-0.39, 0.29) is 12.4 Å². The van der Waals surface area contributed by atoms with Crippen LogP contribution in [0, 0.1) is 5.92 Å². The van der Waals surface area contributed by atoms with Gasteiger partial charge in [-0.25, -0.2) is 0 Å². The lowest BCUT2D eigenvalue weighted by atomic mass is 9.97. The summed E-state index contributed by atoms with van der Waals surface area (Å²) in [4.78, 5) is 22.8. The van der Waals surface area contributed by atoms with Crippen LogP contribution in [0.15, 0.2) is 0 Å². The zero-order chi connectivity index (χ0) is 19.3. The van der Waals surface area contributed by atoms with Gasteiger partial charge in [0.25, 0.3) is 0 Å². The molecule has 0 N–H and O–H groups in total. The molecular formula is C20H39NO4. The fraction of sp³-hybridized carbons (Fsp3) is 0.900. The summed E-state index contributed by atoms with van der Waals surface area (Å²) in [7, 11) is 5.83. The normalized spacial score (nSPS) is 14.1. The number of esters is 1. The van der Waals surface area contributed by atoms with E-state index >= 15 is 0 Å². The predicted molar refractivity (Wildman–Crippen MR) is 98.8 cm³/mol. The summed E-state index contributed by atoms with van der Waals surface area (Å²) in [6.45, 7) is 4.93. The molecule has 0 saturated heterocycles. The molecule has 0 amide bonds. The molecule has 25 heavy (non-hydrogen) atoms. The number of hydrogen-bond acceptors (Lipinski definition) is 4. The average molecular weight is 358 g/mol. The van der Waals surface area contributed by atoms with Gasteiger partial charge in [0, 0.05) is 18.8 Å². The van der Waals surface area contributed by atoms with Gasteiger partial charge in [0.15, 0.2) is 6.10 Å². The van der Waals surface area contributed by atoms with E-state index < -0.39 is 12.1 Å². The number of ether oxygens (including phenoxy) is 1. The number of carbonyl (C=O) groups excluding carboxylic acids is 2. The Morgan fingerprint density at radius 3 is 2.16 bits per heavy atom.